The van der Waals surface area contributed by atoms with Crippen LogP contribution < -0.4 is 0 Å². The molecule has 6 nitrogen and oxygen atoms in total. The average Bonchev–Trinajstić information content (AvgIpc) is 3.02. The summed E-state index contributed by atoms with van der Waals surface area (Å²) in [5.74, 6) is 1.70. The van der Waals surface area contributed by atoms with Crippen molar-refractivity contribution in [1.29, 1.82) is 0 Å². The van der Waals surface area contributed by atoms with Gasteiger partial charge in [0, 0.05) is 37.7 Å². The van der Waals surface area contributed by atoms with Gasteiger partial charge < -0.3 is 14.3 Å². The molecule has 0 spiro atoms. The van der Waals surface area contributed by atoms with Crippen LogP contribution in [0.15, 0.2) is 17.7 Å². The molecule has 3 heterocycles. The van der Waals surface area contributed by atoms with Crippen molar-refractivity contribution in [2.75, 3.05) is 13.1 Å². The molecule has 0 bridgehead atoms. The molecule has 3 atom stereocenters. The lowest BCUT2D eigenvalue weighted by Crippen LogP contribution is -2.33. The molecule has 6 heteroatoms. The minimum Gasteiger partial charge on any atom is -0.389 e. The number of amides is 1. The van der Waals surface area contributed by atoms with Crippen molar-refractivity contribution in [2.24, 2.45) is 22.9 Å². The predicted octanol–water partition coefficient (Wildman–Crippen LogP) is 2.73. The molecular weight excluding hydrogens is 304 g/mol. The second-order valence-electron chi connectivity index (χ2n) is 8.14. The molecule has 0 N–H and O–H groups in total. The number of fused-ring (bicyclic) bond motifs is 1. The van der Waals surface area contributed by atoms with E-state index < -0.39 is 0 Å². The van der Waals surface area contributed by atoms with E-state index in [-0.39, 0.29) is 11.5 Å². The number of hydrogen-bond acceptors (Lipinski definition) is 4. The zero-order valence-electron chi connectivity index (χ0n) is 14.9. The molecule has 0 aromatic carbocycles. The Morgan fingerprint density at radius 1 is 1.42 bits per heavy atom. The van der Waals surface area contributed by atoms with Crippen LogP contribution in [0, 0.1) is 17.8 Å². The van der Waals surface area contributed by atoms with E-state index in [1.54, 1.807) is 6.33 Å². The molecule has 1 aliphatic carbocycles. The first kappa shape index (κ1) is 15.7. The van der Waals surface area contributed by atoms with Crippen LogP contribution in [0.3, 0.4) is 0 Å². The molecule has 24 heavy (non-hydrogen) atoms. The van der Waals surface area contributed by atoms with Gasteiger partial charge >= 0.3 is 0 Å². The highest BCUT2D eigenvalue weighted by Crippen LogP contribution is 2.54. The first-order chi connectivity index (χ1) is 11.4. The van der Waals surface area contributed by atoms with Gasteiger partial charge in [-0.15, -0.1) is 0 Å². The largest absolute Gasteiger partial charge is 0.389 e. The normalized spacial score (nSPS) is 31.4. The number of imidazole rings is 1. The fourth-order valence-electron chi connectivity index (χ4n) is 4.11. The summed E-state index contributed by atoms with van der Waals surface area (Å²) in [5, 5.41) is 4.29. The van der Waals surface area contributed by atoms with Gasteiger partial charge in [-0.1, -0.05) is 12.1 Å². The third kappa shape index (κ3) is 2.52. The Hall–Kier alpha value is -1.85. The number of carbonyl (C=O) groups is 1. The summed E-state index contributed by atoms with van der Waals surface area (Å²) in [4.78, 5) is 24.4. The molecule has 1 amide bonds. The zero-order valence-corrected chi connectivity index (χ0v) is 14.9. The van der Waals surface area contributed by atoms with E-state index in [1.807, 2.05) is 15.7 Å². The Labute approximate surface area is 142 Å². The highest BCUT2D eigenvalue weighted by atomic mass is 16.7. The number of hydrogen-bond donors (Lipinski definition) is 0. The molecule has 4 rings (SSSR count). The summed E-state index contributed by atoms with van der Waals surface area (Å²) in [6, 6.07) is 0.374. The molecular formula is C18H26N4O2. The van der Waals surface area contributed by atoms with Gasteiger partial charge in [0.1, 0.15) is 11.3 Å². The Morgan fingerprint density at radius 2 is 2.12 bits per heavy atom. The van der Waals surface area contributed by atoms with Crippen LogP contribution in [-0.2, 0) is 4.84 Å². The molecule has 3 aliphatic rings. The highest BCUT2D eigenvalue weighted by molar-refractivity contribution is 5.94. The average molecular weight is 330 g/mol. The summed E-state index contributed by atoms with van der Waals surface area (Å²) in [5.41, 5.74) is 1.60. The Morgan fingerprint density at radius 3 is 2.71 bits per heavy atom. The van der Waals surface area contributed by atoms with Crippen LogP contribution in [0.2, 0.25) is 0 Å². The summed E-state index contributed by atoms with van der Waals surface area (Å²) in [6.07, 6.45) is 5.60. The quantitative estimate of drug-likeness (QED) is 0.853. The van der Waals surface area contributed by atoms with Gasteiger partial charge in [-0.3, -0.25) is 4.79 Å². The first-order valence-electron chi connectivity index (χ1n) is 8.97. The molecule has 1 saturated heterocycles. The number of likely N-dealkylation sites (tertiary alicyclic amines) is 1. The highest BCUT2D eigenvalue weighted by Gasteiger charge is 2.60. The number of nitrogens with zero attached hydrogens (tertiary/aromatic N) is 4. The second-order valence-corrected chi connectivity index (χ2v) is 8.14. The summed E-state index contributed by atoms with van der Waals surface area (Å²) >= 11 is 0. The molecule has 2 fully saturated rings. The number of aromatic nitrogens is 2. The van der Waals surface area contributed by atoms with Crippen LogP contribution >= 0.6 is 0 Å². The van der Waals surface area contributed by atoms with Gasteiger partial charge in [-0.2, -0.15) is 0 Å². The Bertz CT molecular complexity index is 681. The zero-order chi connectivity index (χ0) is 17.1. The van der Waals surface area contributed by atoms with Crippen molar-refractivity contribution in [2.45, 2.75) is 52.2 Å². The number of piperidine rings is 1. The predicted molar refractivity (Wildman–Crippen MR) is 90.8 cm³/mol. The van der Waals surface area contributed by atoms with E-state index in [0.717, 1.165) is 25.9 Å². The topological polar surface area (TPSA) is 59.7 Å². The first-order valence-corrected chi connectivity index (χ1v) is 8.97. The van der Waals surface area contributed by atoms with Gasteiger partial charge in [0.05, 0.1) is 12.0 Å². The van der Waals surface area contributed by atoms with Crippen molar-refractivity contribution in [3.05, 3.63) is 18.2 Å². The van der Waals surface area contributed by atoms with Crippen LogP contribution in [0.4, 0.5) is 0 Å². The molecule has 1 aromatic rings. The third-order valence-electron chi connectivity index (χ3n) is 5.80. The second kappa shape index (κ2) is 5.33. The lowest BCUT2D eigenvalue weighted by molar-refractivity contribution is 0.0123. The smallest absolute Gasteiger partial charge is 0.274 e. The van der Waals surface area contributed by atoms with Crippen LogP contribution in [-0.4, -0.2) is 44.8 Å². The monoisotopic (exact) mass is 330 g/mol. The van der Waals surface area contributed by atoms with Crippen molar-refractivity contribution >= 4 is 11.6 Å². The fourth-order valence-corrected chi connectivity index (χ4v) is 4.11. The van der Waals surface area contributed by atoms with Crippen LogP contribution in [0.1, 0.15) is 57.1 Å². The maximum absolute atomic E-state index is 12.7. The van der Waals surface area contributed by atoms with Gasteiger partial charge in [0.15, 0.2) is 0 Å². The standard InChI is InChI=1S/C18H26N4O2/c1-5-11(2)22-9-15(19-10-22)17(23)21-7-12-13(8-21)16(12)14-6-18(3,4)24-20-14/h9-13,16H,5-8H2,1-4H3/t11-,12-,13-/m1/s1. The lowest BCUT2D eigenvalue weighted by atomic mass is 9.98. The van der Waals surface area contributed by atoms with Crippen molar-refractivity contribution in [3.63, 3.8) is 0 Å². The number of rotatable bonds is 4. The molecule has 0 radical (unpaired) electrons. The van der Waals surface area contributed by atoms with E-state index in [2.05, 4.69) is 37.8 Å². The van der Waals surface area contributed by atoms with Crippen LogP contribution in [0.5, 0.6) is 0 Å². The van der Waals surface area contributed by atoms with Crippen molar-refractivity contribution < 1.29 is 9.63 Å². The van der Waals surface area contributed by atoms with Crippen molar-refractivity contribution in [1.82, 2.24) is 14.5 Å². The summed E-state index contributed by atoms with van der Waals surface area (Å²) < 4.78 is 2.03. The maximum Gasteiger partial charge on any atom is 0.274 e. The number of oxime groups is 1. The van der Waals surface area contributed by atoms with E-state index in [4.69, 9.17) is 4.84 Å². The molecule has 130 valence electrons. The molecule has 0 unspecified atom stereocenters. The van der Waals surface area contributed by atoms with Gasteiger partial charge in [-0.05, 0) is 39.0 Å². The fraction of sp³-hybridized carbons (Fsp3) is 0.722. The summed E-state index contributed by atoms with van der Waals surface area (Å²) in [6.45, 7) is 10.1. The van der Waals surface area contributed by atoms with Gasteiger partial charge in [-0.25, -0.2) is 4.98 Å². The Balaban J connectivity index is 1.36. The van der Waals surface area contributed by atoms with E-state index in [1.165, 1.54) is 5.71 Å². The third-order valence-corrected chi connectivity index (χ3v) is 5.80. The van der Waals surface area contributed by atoms with E-state index >= 15 is 0 Å². The molecule has 2 aliphatic heterocycles. The maximum atomic E-state index is 12.7. The van der Waals surface area contributed by atoms with Gasteiger partial charge in [0.2, 0.25) is 0 Å². The minimum atomic E-state index is -0.162. The van der Waals surface area contributed by atoms with E-state index in [0.29, 0.717) is 29.5 Å². The molecule has 1 aromatic heterocycles. The van der Waals surface area contributed by atoms with Gasteiger partial charge in [0.25, 0.3) is 5.91 Å². The SMILES string of the molecule is CC[C@@H](C)n1cnc(C(=O)N2C[C@H]3C(C4=NOC(C)(C)C4)[C@@H]3C2)c1. The van der Waals surface area contributed by atoms with E-state index in [9.17, 15) is 4.79 Å². The van der Waals surface area contributed by atoms with Crippen molar-refractivity contribution in [3.8, 4) is 0 Å². The molecule has 1 saturated carbocycles. The lowest BCUT2D eigenvalue weighted by Gasteiger charge is -2.19. The minimum absolute atomic E-state index is 0.0629. The summed E-state index contributed by atoms with van der Waals surface area (Å²) in [7, 11) is 0. The number of carbonyl (C=O) groups excluding carboxylic acids is 1. The van der Waals surface area contributed by atoms with Crippen LogP contribution in [0.25, 0.3) is 0 Å². The Kier molecular flexibility index (Phi) is 3.48.